The smallest absolute Gasteiger partial charge is 0.278 e. The number of aromatic nitrogens is 2. The third-order valence-electron chi connectivity index (χ3n) is 2.58. The van der Waals surface area contributed by atoms with Gasteiger partial charge in [-0.05, 0) is 13.1 Å². The molecule has 0 aliphatic heterocycles. The van der Waals surface area contributed by atoms with Crippen LogP contribution in [0.2, 0.25) is 5.15 Å². The quantitative estimate of drug-likeness (QED) is 0.779. The second kappa shape index (κ2) is 5.86. The maximum absolute atomic E-state index is 11.7. The predicted octanol–water partition coefficient (Wildman–Crippen LogP) is 0.821. The largest absolute Gasteiger partial charge is 0.392 e. The summed E-state index contributed by atoms with van der Waals surface area (Å²) in [6, 6.07) is 0. The molecule has 0 radical (unpaired) electrons. The van der Waals surface area contributed by atoms with E-state index < -0.39 is 0 Å². The molecule has 1 aromatic rings. The topological polar surface area (TPSA) is 64.2 Å². The van der Waals surface area contributed by atoms with Crippen molar-refractivity contribution in [3.8, 4) is 0 Å². The third-order valence-corrected chi connectivity index (χ3v) is 2.88. The molecule has 0 aromatic carbocycles. The summed E-state index contributed by atoms with van der Waals surface area (Å²) in [5.41, 5.74) is 5.26. The molecule has 16 heavy (non-hydrogen) atoms. The zero-order valence-electron chi connectivity index (χ0n) is 9.61. The van der Waals surface area contributed by atoms with Gasteiger partial charge >= 0.3 is 0 Å². The molecule has 0 saturated heterocycles. The molecule has 0 atom stereocenters. The Morgan fingerprint density at radius 3 is 2.69 bits per heavy atom. The van der Waals surface area contributed by atoms with E-state index in [-0.39, 0.29) is 16.4 Å². The molecule has 1 rings (SSSR count). The monoisotopic (exact) mass is 244 g/mol. The van der Waals surface area contributed by atoms with Crippen molar-refractivity contribution in [2.75, 3.05) is 25.4 Å². The molecule has 5 nitrogen and oxygen atoms in total. The first-order valence-electron chi connectivity index (χ1n) is 5.32. The molecular formula is C10H17ClN4O. The van der Waals surface area contributed by atoms with Crippen LogP contribution >= 0.6 is 11.6 Å². The highest BCUT2D eigenvalue weighted by Crippen LogP contribution is 2.07. The van der Waals surface area contributed by atoms with Gasteiger partial charge in [-0.2, -0.15) is 0 Å². The standard InChI is InChI=1S/C10H17ClN4O/c1-3-14(4-2)5-6-15-7-13-9(11)8(12)10(15)16/h7H,3-6,12H2,1-2H3. The first-order valence-corrected chi connectivity index (χ1v) is 5.70. The Labute approximate surface area is 99.8 Å². The fraction of sp³-hybridized carbons (Fsp3) is 0.600. The van der Waals surface area contributed by atoms with Crippen LogP contribution in [0.5, 0.6) is 0 Å². The molecular weight excluding hydrogens is 228 g/mol. The molecule has 1 heterocycles. The van der Waals surface area contributed by atoms with Crippen LogP contribution in [0.1, 0.15) is 13.8 Å². The number of hydrogen-bond acceptors (Lipinski definition) is 4. The van der Waals surface area contributed by atoms with E-state index in [4.69, 9.17) is 17.3 Å². The minimum atomic E-state index is -0.271. The number of nitrogens with zero attached hydrogens (tertiary/aromatic N) is 3. The first kappa shape index (κ1) is 13.0. The van der Waals surface area contributed by atoms with Crippen LogP contribution in [0.25, 0.3) is 0 Å². The van der Waals surface area contributed by atoms with Crippen LogP contribution in [0.4, 0.5) is 5.69 Å². The minimum Gasteiger partial charge on any atom is -0.392 e. The third kappa shape index (κ3) is 2.96. The first-order chi connectivity index (χ1) is 7.60. The van der Waals surface area contributed by atoms with E-state index in [9.17, 15) is 4.79 Å². The lowest BCUT2D eigenvalue weighted by molar-refractivity contribution is 0.288. The summed E-state index contributed by atoms with van der Waals surface area (Å²) in [7, 11) is 0. The molecule has 90 valence electrons. The molecule has 0 bridgehead atoms. The lowest BCUT2D eigenvalue weighted by atomic mass is 10.4. The number of rotatable bonds is 5. The van der Waals surface area contributed by atoms with Gasteiger partial charge in [-0.25, -0.2) is 4.98 Å². The zero-order valence-corrected chi connectivity index (χ0v) is 10.4. The van der Waals surface area contributed by atoms with E-state index in [1.165, 1.54) is 10.9 Å². The van der Waals surface area contributed by atoms with Gasteiger partial charge in [0.05, 0.1) is 6.33 Å². The van der Waals surface area contributed by atoms with Crippen molar-refractivity contribution in [1.82, 2.24) is 14.5 Å². The number of halogens is 1. The van der Waals surface area contributed by atoms with Gasteiger partial charge in [-0.3, -0.25) is 9.36 Å². The summed E-state index contributed by atoms with van der Waals surface area (Å²) >= 11 is 5.64. The highest BCUT2D eigenvalue weighted by Gasteiger charge is 2.06. The molecule has 2 N–H and O–H groups in total. The molecule has 6 heteroatoms. The Balaban J connectivity index is 2.75. The molecule has 0 amide bonds. The summed E-state index contributed by atoms with van der Waals surface area (Å²) in [4.78, 5) is 17.7. The summed E-state index contributed by atoms with van der Waals surface area (Å²) in [6.07, 6.45) is 1.44. The Kier molecular flexibility index (Phi) is 4.76. The minimum absolute atomic E-state index is 0.0173. The number of nitrogens with two attached hydrogens (primary N) is 1. The zero-order chi connectivity index (χ0) is 12.1. The molecule has 0 saturated carbocycles. The summed E-state index contributed by atoms with van der Waals surface area (Å²) in [5.74, 6) is 0. The molecule has 0 unspecified atom stereocenters. The number of hydrogen-bond donors (Lipinski definition) is 1. The molecule has 0 fully saturated rings. The van der Waals surface area contributed by atoms with Gasteiger partial charge in [-0.15, -0.1) is 0 Å². The van der Waals surface area contributed by atoms with Crippen molar-refractivity contribution in [3.05, 3.63) is 21.8 Å². The number of nitrogen functional groups attached to an aromatic ring is 1. The van der Waals surface area contributed by atoms with Gasteiger partial charge in [0, 0.05) is 13.1 Å². The van der Waals surface area contributed by atoms with Gasteiger partial charge < -0.3 is 10.6 Å². The van der Waals surface area contributed by atoms with Gasteiger partial charge in [0.25, 0.3) is 5.56 Å². The Morgan fingerprint density at radius 1 is 1.50 bits per heavy atom. The van der Waals surface area contributed by atoms with Crippen LogP contribution in [0.15, 0.2) is 11.1 Å². The van der Waals surface area contributed by atoms with Gasteiger partial charge in [-0.1, -0.05) is 25.4 Å². The van der Waals surface area contributed by atoms with Crippen molar-refractivity contribution < 1.29 is 0 Å². The van der Waals surface area contributed by atoms with E-state index in [0.717, 1.165) is 19.6 Å². The fourth-order valence-electron chi connectivity index (χ4n) is 1.43. The van der Waals surface area contributed by atoms with Crippen molar-refractivity contribution in [3.63, 3.8) is 0 Å². The summed E-state index contributed by atoms with van der Waals surface area (Å²) < 4.78 is 1.49. The molecule has 0 aliphatic rings. The average Bonchev–Trinajstić information content (AvgIpc) is 2.30. The maximum Gasteiger partial charge on any atom is 0.278 e. The van der Waals surface area contributed by atoms with Gasteiger partial charge in [0.2, 0.25) is 0 Å². The lowest BCUT2D eigenvalue weighted by Crippen LogP contribution is -2.31. The summed E-state index contributed by atoms with van der Waals surface area (Å²) in [5, 5.41) is 0.0732. The van der Waals surface area contributed by atoms with Gasteiger partial charge in [0.1, 0.15) is 5.69 Å². The van der Waals surface area contributed by atoms with E-state index in [1.807, 2.05) is 0 Å². The van der Waals surface area contributed by atoms with E-state index in [2.05, 4.69) is 23.7 Å². The van der Waals surface area contributed by atoms with Crippen LogP contribution in [0.3, 0.4) is 0 Å². The van der Waals surface area contributed by atoms with E-state index >= 15 is 0 Å². The van der Waals surface area contributed by atoms with Crippen LogP contribution in [-0.2, 0) is 6.54 Å². The Bertz CT molecular complexity index is 400. The lowest BCUT2D eigenvalue weighted by Gasteiger charge is -2.18. The van der Waals surface area contributed by atoms with Crippen LogP contribution in [0, 0.1) is 0 Å². The number of anilines is 1. The predicted molar refractivity (Wildman–Crippen MR) is 65.7 cm³/mol. The summed E-state index contributed by atoms with van der Waals surface area (Å²) in [6.45, 7) is 7.47. The fourth-order valence-corrected chi connectivity index (χ4v) is 1.56. The van der Waals surface area contributed by atoms with Gasteiger partial charge in [0.15, 0.2) is 5.15 Å². The molecule has 1 aromatic heterocycles. The Hall–Kier alpha value is -1.07. The second-order valence-corrected chi connectivity index (χ2v) is 3.83. The highest BCUT2D eigenvalue weighted by atomic mass is 35.5. The Morgan fingerprint density at radius 2 is 2.12 bits per heavy atom. The van der Waals surface area contributed by atoms with E-state index in [1.54, 1.807) is 0 Å². The van der Waals surface area contributed by atoms with Crippen molar-refractivity contribution in [2.45, 2.75) is 20.4 Å². The van der Waals surface area contributed by atoms with Crippen molar-refractivity contribution >= 4 is 17.3 Å². The van der Waals surface area contributed by atoms with E-state index in [0.29, 0.717) is 6.54 Å². The van der Waals surface area contributed by atoms with Crippen molar-refractivity contribution in [1.29, 1.82) is 0 Å². The number of likely N-dealkylation sites (N-methyl/N-ethyl adjacent to an activating group) is 1. The maximum atomic E-state index is 11.7. The molecule has 0 aliphatic carbocycles. The normalized spacial score (nSPS) is 11.0. The second-order valence-electron chi connectivity index (χ2n) is 3.47. The van der Waals surface area contributed by atoms with Crippen LogP contribution in [-0.4, -0.2) is 34.1 Å². The average molecular weight is 245 g/mol. The highest BCUT2D eigenvalue weighted by molar-refractivity contribution is 6.31. The molecule has 0 spiro atoms. The SMILES string of the molecule is CCN(CC)CCn1cnc(Cl)c(N)c1=O. The van der Waals surface area contributed by atoms with Crippen LogP contribution < -0.4 is 11.3 Å². The van der Waals surface area contributed by atoms with Crippen molar-refractivity contribution in [2.24, 2.45) is 0 Å².